The molecule has 0 aromatic heterocycles. The molecule has 15 heavy (non-hydrogen) atoms. The number of hydrogen-bond acceptors (Lipinski definition) is 2. The van der Waals surface area contributed by atoms with Gasteiger partial charge in [-0.1, -0.05) is 0 Å². The van der Waals surface area contributed by atoms with Crippen LogP contribution in [0.5, 0.6) is 5.75 Å². The van der Waals surface area contributed by atoms with E-state index in [1.807, 2.05) is 0 Å². The Balaban J connectivity index is 1.96. The van der Waals surface area contributed by atoms with Crippen molar-refractivity contribution in [3.63, 3.8) is 0 Å². The summed E-state index contributed by atoms with van der Waals surface area (Å²) in [5, 5.41) is 0. The molecule has 2 heterocycles. The van der Waals surface area contributed by atoms with Crippen molar-refractivity contribution in [3.8, 4) is 5.75 Å². The van der Waals surface area contributed by atoms with E-state index in [2.05, 4.69) is 23.1 Å². The first kappa shape index (κ1) is 9.08. The molecule has 1 unspecified atom stereocenters. The first-order valence-electron chi connectivity index (χ1n) is 5.82. The lowest BCUT2D eigenvalue weighted by molar-refractivity contribution is 0.414. The minimum Gasteiger partial charge on any atom is -0.497 e. The molecule has 1 aromatic carbocycles. The largest absolute Gasteiger partial charge is 0.497 e. The molecule has 0 spiro atoms. The maximum absolute atomic E-state index is 5.27. The summed E-state index contributed by atoms with van der Waals surface area (Å²) < 4.78 is 5.27. The fourth-order valence-electron chi connectivity index (χ4n) is 2.92. The number of hydrogen-bond donors (Lipinski definition) is 0. The van der Waals surface area contributed by atoms with E-state index in [0.717, 1.165) is 11.8 Å². The van der Waals surface area contributed by atoms with Gasteiger partial charge in [-0.15, -0.1) is 0 Å². The van der Waals surface area contributed by atoms with Crippen LogP contribution in [0.25, 0.3) is 0 Å². The number of benzene rings is 1. The molecule has 0 aliphatic carbocycles. The molecule has 1 saturated heterocycles. The second-order valence-corrected chi connectivity index (χ2v) is 4.54. The first-order valence-corrected chi connectivity index (χ1v) is 5.82. The van der Waals surface area contributed by atoms with Crippen LogP contribution >= 0.6 is 0 Å². The average molecular weight is 203 g/mol. The van der Waals surface area contributed by atoms with Crippen molar-refractivity contribution in [1.82, 2.24) is 0 Å². The van der Waals surface area contributed by atoms with Crippen molar-refractivity contribution in [1.29, 1.82) is 0 Å². The number of rotatable bonds is 1. The molecule has 0 radical (unpaired) electrons. The van der Waals surface area contributed by atoms with E-state index in [1.165, 1.54) is 43.5 Å². The summed E-state index contributed by atoms with van der Waals surface area (Å²) in [6.07, 6.45) is 5.32. The molecule has 0 bridgehead atoms. The van der Waals surface area contributed by atoms with E-state index in [-0.39, 0.29) is 0 Å². The molecule has 2 nitrogen and oxygen atoms in total. The van der Waals surface area contributed by atoms with Crippen molar-refractivity contribution in [3.05, 3.63) is 23.8 Å². The topological polar surface area (TPSA) is 12.5 Å². The predicted octanol–water partition coefficient (Wildman–Crippen LogP) is 2.61. The van der Waals surface area contributed by atoms with E-state index in [0.29, 0.717) is 0 Å². The number of fused-ring (bicyclic) bond motifs is 3. The Bertz CT molecular complexity index is 375. The normalized spacial score (nSPS) is 23.5. The molecular weight excluding hydrogens is 186 g/mol. The minimum atomic E-state index is 0.765. The van der Waals surface area contributed by atoms with Crippen molar-refractivity contribution in [2.24, 2.45) is 0 Å². The molecule has 2 heteroatoms. The van der Waals surface area contributed by atoms with Crippen LogP contribution in [0.2, 0.25) is 0 Å². The van der Waals surface area contributed by atoms with Crippen molar-refractivity contribution in [2.75, 3.05) is 18.6 Å². The van der Waals surface area contributed by atoms with Gasteiger partial charge in [0.1, 0.15) is 5.75 Å². The third kappa shape index (κ3) is 1.39. The van der Waals surface area contributed by atoms with Crippen molar-refractivity contribution < 1.29 is 4.74 Å². The average Bonchev–Trinajstić information content (AvgIpc) is 2.66. The van der Waals surface area contributed by atoms with Crippen molar-refractivity contribution >= 4 is 5.69 Å². The highest BCUT2D eigenvalue weighted by Crippen LogP contribution is 2.38. The lowest BCUT2D eigenvalue weighted by Crippen LogP contribution is -2.36. The van der Waals surface area contributed by atoms with Gasteiger partial charge in [-0.25, -0.2) is 0 Å². The zero-order valence-electron chi connectivity index (χ0n) is 9.20. The Kier molecular flexibility index (Phi) is 2.08. The van der Waals surface area contributed by atoms with Crippen LogP contribution in [0.15, 0.2) is 18.2 Å². The highest BCUT2D eigenvalue weighted by Gasteiger charge is 2.30. The summed E-state index contributed by atoms with van der Waals surface area (Å²) >= 11 is 0. The van der Waals surface area contributed by atoms with E-state index < -0.39 is 0 Å². The molecule has 1 fully saturated rings. The van der Waals surface area contributed by atoms with E-state index in [1.54, 1.807) is 7.11 Å². The van der Waals surface area contributed by atoms with Crippen LogP contribution in [0.1, 0.15) is 24.8 Å². The number of nitrogens with zero attached hydrogens (tertiary/aromatic N) is 1. The number of methoxy groups -OCH3 is 1. The highest BCUT2D eigenvalue weighted by atomic mass is 16.5. The van der Waals surface area contributed by atoms with Crippen LogP contribution < -0.4 is 9.64 Å². The highest BCUT2D eigenvalue weighted by molar-refractivity contribution is 5.61. The van der Waals surface area contributed by atoms with E-state index in [4.69, 9.17) is 4.74 Å². The quantitative estimate of drug-likeness (QED) is 0.695. The summed E-state index contributed by atoms with van der Waals surface area (Å²) in [4.78, 5) is 2.58. The fourth-order valence-corrected chi connectivity index (χ4v) is 2.92. The third-order valence-corrected chi connectivity index (χ3v) is 3.68. The van der Waals surface area contributed by atoms with Crippen LogP contribution in [0.4, 0.5) is 5.69 Å². The molecule has 3 rings (SSSR count). The number of piperidine rings is 1. The van der Waals surface area contributed by atoms with Gasteiger partial charge in [0.15, 0.2) is 0 Å². The maximum Gasteiger partial charge on any atom is 0.119 e. The molecule has 80 valence electrons. The fraction of sp³-hybridized carbons (Fsp3) is 0.538. The van der Waals surface area contributed by atoms with Gasteiger partial charge in [-0.3, -0.25) is 0 Å². The third-order valence-electron chi connectivity index (χ3n) is 3.68. The Morgan fingerprint density at radius 1 is 1.33 bits per heavy atom. The SMILES string of the molecule is COc1ccc2c(c1)CC1CCCCN21. The van der Waals surface area contributed by atoms with Gasteiger partial charge in [0, 0.05) is 18.3 Å². The molecule has 2 aliphatic rings. The Labute approximate surface area is 90.8 Å². The van der Waals surface area contributed by atoms with Gasteiger partial charge in [0.2, 0.25) is 0 Å². The minimum absolute atomic E-state index is 0.765. The van der Waals surface area contributed by atoms with Gasteiger partial charge in [0.05, 0.1) is 7.11 Å². The van der Waals surface area contributed by atoms with E-state index in [9.17, 15) is 0 Å². The summed E-state index contributed by atoms with van der Waals surface area (Å²) in [5.74, 6) is 0.994. The lowest BCUT2D eigenvalue weighted by Gasteiger charge is -2.31. The Hall–Kier alpha value is -1.18. The summed E-state index contributed by atoms with van der Waals surface area (Å²) in [6.45, 7) is 1.24. The van der Waals surface area contributed by atoms with Gasteiger partial charge >= 0.3 is 0 Å². The van der Waals surface area contributed by atoms with Crippen LogP contribution in [0.3, 0.4) is 0 Å². The summed E-state index contributed by atoms with van der Waals surface area (Å²) in [6, 6.07) is 7.27. The van der Waals surface area contributed by atoms with Crippen LogP contribution in [-0.4, -0.2) is 19.7 Å². The molecule has 1 aromatic rings. The van der Waals surface area contributed by atoms with Crippen LogP contribution in [-0.2, 0) is 6.42 Å². The number of anilines is 1. The van der Waals surface area contributed by atoms with Gasteiger partial charge < -0.3 is 9.64 Å². The first-order chi connectivity index (χ1) is 7.38. The lowest BCUT2D eigenvalue weighted by atomic mass is 10.0. The van der Waals surface area contributed by atoms with Crippen molar-refractivity contribution in [2.45, 2.75) is 31.7 Å². The monoisotopic (exact) mass is 203 g/mol. The maximum atomic E-state index is 5.27. The van der Waals surface area contributed by atoms with E-state index >= 15 is 0 Å². The zero-order chi connectivity index (χ0) is 10.3. The molecule has 0 saturated carbocycles. The second-order valence-electron chi connectivity index (χ2n) is 4.54. The summed E-state index contributed by atoms with van der Waals surface area (Å²) in [5.41, 5.74) is 2.92. The predicted molar refractivity (Wildman–Crippen MR) is 61.7 cm³/mol. The summed E-state index contributed by atoms with van der Waals surface area (Å²) in [7, 11) is 1.74. The number of ether oxygens (including phenoxy) is 1. The molecular formula is C13H17NO. The second kappa shape index (κ2) is 3.44. The smallest absolute Gasteiger partial charge is 0.119 e. The molecule has 0 amide bonds. The van der Waals surface area contributed by atoms with Crippen LogP contribution in [0, 0.1) is 0 Å². The molecule has 0 N–H and O–H groups in total. The molecule has 1 atom stereocenters. The van der Waals surface area contributed by atoms with Gasteiger partial charge in [0.25, 0.3) is 0 Å². The van der Waals surface area contributed by atoms with Gasteiger partial charge in [-0.2, -0.15) is 0 Å². The van der Waals surface area contributed by atoms with Gasteiger partial charge in [-0.05, 0) is 49.4 Å². The zero-order valence-corrected chi connectivity index (χ0v) is 9.20. The molecule has 2 aliphatic heterocycles. The Morgan fingerprint density at radius 3 is 3.13 bits per heavy atom. The Morgan fingerprint density at radius 2 is 2.27 bits per heavy atom. The standard InChI is InChI=1S/C13H17NO/c1-15-12-5-6-13-10(9-12)8-11-4-2-3-7-14(11)13/h5-6,9,11H,2-4,7-8H2,1H3.